The zero-order chi connectivity index (χ0) is 12.6. The highest BCUT2D eigenvalue weighted by Gasteiger charge is 2.22. The summed E-state index contributed by atoms with van der Waals surface area (Å²) in [4.78, 5) is 4.31. The molecule has 0 radical (unpaired) electrons. The van der Waals surface area contributed by atoms with Crippen molar-refractivity contribution in [2.24, 2.45) is 0 Å². The minimum absolute atomic E-state index is 0.0970. The molecule has 0 amide bonds. The molecule has 2 rings (SSSR count). The van der Waals surface area contributed by atoms with Gasteiger partial charge in [0.15, 0.2) is 5.03 Å². The number of nitrogens with zero attached hydrogens (tertiary/aromatic N) is 2. The van der Waals surface area contributed by atoms with Crippen molar-refractivity contribution >= 4 is 25.4 Å². The van der Waals surface area contributed by atoms with E-state index in [0.717, 1.165) is 12.0 Å². The average Bonchev–Trinajstić information content (AvgIpc) is 2.54. The summed E-state index contributed by atoms with van der Waals surface area (Å²) in [6.45, 7) is 3.86. The van der Waals surface area contributed by atoms with E-state index in [1.165, 1.54) is 0 Å². The third kappa shape index (κ3) is 2.30. The van der Waals surface area contributed by atoms with Gasteiger partial charge >= 0.3 is 0 Å². The Morgan fingerprint density at radius 3 is 2.71 bits per heavy atom. The van der Waals surface area contributed by atoms with Gasteiger partial charge in [0.25, 0.3) is 9.05 Å². The Kier molecular flexibility index (Phi) is 3.14. The Labute approximate surface area is 105 Å². The lowest BCUT2D eigenvalue weighted by Crippen LogP contribution is -2.01. The molecule has 2 aromatic rings. The van der Waals surface area contributed by atoms with Crippen LogP contribution in [0.4, 0.5) is 0 Å². The fourth-order valence-corrected chi connectivity index (χ4v) is 3.14. The molecule has 6 heteroatoms. The molecule has 0 aromatic carbocycles. The summed E-state index contributed by atoms with van der Waals surface area (Å²) in [5.41, 5.74) is 2.10. The minimum atomic E-state index is -3.78. The van der Waals surface area contributed by atoms with Gasteiger partial charge in [0, 0.05) is 16.9 Å². The van der Waals surface area contributed by atoms with Gasteiger partial charge in [0.1, 0.15) is 5.65 Å². The van der Waals surface area contributed by atoms with Gasteiger partial charge in [-0.25, -0.2) is 13.4 Å². The van der Waals surface area contributed by atoms with E-state index in [-0.39, 0.29) is 5.03 Å². The molecule has 0 fully saturated rings. The van der Waals surface area contributed by atoms with Crippen LogP contribution in [0, 0.1) is 6.92 Å². The predicted molar refractivity (Wildman–Crippen MR) is 67.0 cm³/mol. The van der Waals surface area contributed by atoms with Crippen LogP contribution >= 0.6 is 10.7 Å². The summed E-state index contributed by atoms with van der Waals surface area (Å²) >= 11 is 0. The zero-order valence-corrected chi connectivity index (χ0v) is 11.2. The molecule has 0 unspecified atom stereocenters. The Balaban J connectivity index is 2.83. The van der Waals surface area contributed by atoms with Gasteiger partial charge in [-0.1, -0.05) is 19.4 Å². The van der Waals surface area contributed by atoms with Crippen molar-refractivity contribution in [1.82, 2.24) is 9.38 Å². The number of aromatic nitrogens is 2. The van der Waals surface area contributed by atoms with E-state index in [1.54, 1.807) is 16.7 Å². The highest BCUT2D eigenvalue weighted by molar-refractivity contribution is 8.13. The lowest BCUT2D eigenvalue weighted by Gasteiger charge is -2.01. The maximum atomic E-state index is 11.6. The van der Waals surface area contributed by atoms with Crippen LogP contribution in [0.5, 0.6) is 0 Å². The molecule has 0 atom stereocenters. The van der Waals surface area contributed by atoms with E-state index in [9.17, 15) is 8.42 Å². The summed E-state index contributed by atoms with van der Waals surface area (Å²) in [6, 6.07) is 3.68. The monoisotopic (exact) mass is 272 g/mol. The summed E-state index contributed by atoms with van der Waals surface area (Å²) in [6.07, 6.45) is 3.15. The second-order valence-corrected chi connectivity index (χ2v) is 6.47. The minimum Gasteiger partial charge on any atom is -0.289 e. The fraction of sp³-hybridized carbons (Fsp3) is 0.364. The zero-order valence-electron chi connectivity index (χ0n) is 9.64. The number of hydrogen-bond acceptors (Lipinski definition) is 3. The van der Waals surface area contributed by atoms with E-state index < -0.39 is 9.05 Å². The first kappa shape index (κ1) is 12.4. The highest BCUT2D eigenvalue weighted by Crippen LogP contribution is 2.23. The molecule has 17 heavy (non-hydrogen) atoms. The molecule has 0 N–H and O–H groups in total. The molecular weight excluding hydrogens is 260 g/mol. The van der Waals surface area contributed by atoms with E-state index >= 15 is 0 Å². The number of halogens is 1. The quantitative estimate of drug-likeness (QED) is 0.807. The number of pyridine rings is 1. The maximum Gasteiger partial charge on any atom is 0.279 e. The van der Waals surface area contributed by atoms with Crippen LogP contribution in [0.3, 0.4) is 0 Å². The molecule has 0 aliphatic rings. The molecule has 0 aliphatic heterocycles. The largest absolute Gasteiger partial charge is 0.289 e. The molecule has 0 spiro atoms. The molecule has 0 bridgehead atoms. The topological polar surface area (TPSA) is 51.4 Å². The summed E-state index contributed by atoms with van der Waals surface area (Å²) in [7, 11) is 1.70. The van der Waals surface area contributed by atoms with E-state index in [2.05, 4.69) is 4.98 Å². The van der Waals surface area contributed by atoms with Gasteiger partial charge in [0.2, 0.25) is 0 Å². The maximum absolute atomic E-state index is 11.6. The van der Waals surface area contributed by atoms with Gasteiger partial charge in [-0.2, -0.15) is 0 Å². The van der Waals surface area contributed by atoms with E-state index in [1.807, 2.05) is 19.9 Å². The second-order valence-electron chi connectivity index (χ2n) is 3.99. The molecular formula is C11H13ClN2O2S. The van der Waals surface area contributed by atoms with Crippen molar-refractivity contribution in [3.8, 4) is 0 Å². The van der Waals surface area contributed by atoms with Gasteiger partial charge in [0.05, 0.1) is 5.69 Å². The first-order chi connectivity index (χ1) is 7.93. The SMILES string of the molecule is CCCc1nc2ccc(C)cn2c1S(=O)(=O)Cl. The van der Waals surface area contributed by atoms with E-state index in [4.69, 9.17) is 10.7 Å². The van der Waals surface area contributed by atoms with Crippen LogP contribution in [0.15, 0.2) is 23.4 Å². The normalized spacial score (nSPS) is 12.2. The first-order valence-corrected chi connectivity index (χ1v) is 7.66. The van der Waals surface area contributed by atoms with Crippen molar-refractivity contribution in [2.45, 2.75) is 31.7 Å². The van der Waals surface area contributed by atoms with Crippen LogP contribution in [0.25, 0.3) is 5.65 Å². The number of rotatable bonds is 3. The van der Waals surface area contributed by atoms with Crippen molar-refractivity contribution in [1.29, 1.82) is 0 Å². The number of hydrogen-bond donors (Lipinski definition) is 0. The number of imidazole rings is 1. The first-order valence-electron chi connectivity index (χ1n) is 5.35. The predicted octanol–water partition coefficient (Wildman–Crippen LogP) is 2.52. The lowest BCUT2D eigenvalue weighted by atomic mass is 10.3. The van der Waals surface area contributed by atoms with Gasteiger partial charge in [-0.15, -0.1) is 0 Å². The second kappa shape index (κ2) is 4.31. The van der Waals surface area contributed by atoms with Crippen molar-refractivity contribution in [3.63, 3.8) is 0 Å². The average molecular weight is 273 g/mol. The van der Waals surface area contributed by atoms with Gasteiger partial charge in [-0.05, 0) is 25.0 Å². The third-order valence-corrected chi connectivity index (χ3v) is 3.84. The van der Waals surface area contributed by atoms with Crippen LogP contribution in [-0.2, 0) is 15.5 Å². The molecule has 2 heterocycles. The Bertz CT molecular complexity index is 661. The van der Waals surface area contributed by atoms with Crippen LogP contribution in [0.1, 0.15) is 24.6 Å². The fourth-order valence-electron chi connectivity index (χ4n) is 1.84. The molecule has 0 saturated carbocycles. The molecule has 4 nitrogen and oxygen atoms in total. The van der Waals surface area contributed by atoms with Crippen molar-refractivity contribution in [3.05, 3.63) is 29.6 Å². The highest BCUT2D eigenvalue weighted by atomic mass is 35.7. The molecule has 0 saturated heterocycles. The Hall–Kier alpha value is -1.07. The smallest absolute Gasteiger partial charge is 0.279 e. The van der Waals surface area contributed by atoms with Crippen LogP contribution in [0.2, 0.25) is 0 Å². The Morgan fingerprint density at radius 2 is 2.12 bits per heavy atom. The van der Waals surface area contributed by atoms with Gasteiger partial charge in [-0.3, -0.25) is 4.40 Å². The van der Waals surface area contributed by atoms with Crippen LogP contribution in [-0.4, -0.2) is 17.8 Å². The molecule has 2 aromatic heterocycles. The summed E-state index contributed by atoms with van der Waals surface area (Å²) in [5.74, 6) is 0. The summed E-state index contributed by atoms with van der Waals surface area (Å²) < 4.78 is 24.8. The van der Waals surface area contributed by atoms with Crippen molar-refractivity contribution in [2.75, 3.05) is 0 Å². The molecule has 92 valence electrons. The number of fused-ring (bicyclic) bond motifs is 1. The van der Waals surface area contributed by atoms with E-state index in [0.29, 0.717) is 17.8 Å². The van der Waals surface area contributed by atoms with Gasteiger partial charge < -0.3 is 0 Å². The third-order valence-electron chi connectivity index (χ3n) is 2.51. The lowest BCUT2D eigenvalue weighted by molar-refractivity contribution is 0.603. The number of aryl methyl sites for hydroxylation is 2. The summed E-state index contributed by atoms with van der Waals surface area (Å²) in [5, 5.41) is 0.0970. The standard InChI is InChI=1S/C11H13ClN2O2S/c1-3-4-9-11(17(12,15)16)14-7-8(2)5-6-10(14)13-9/h5-7H,3-4H2,1-2H3. The van der Waals surface area contributed by atoms with Crippen LogP contribution < -0.4 is 0 Å². The van der Waals surface area contributed by atoms with Crippen molar-refractivity contribution < 1.29 is 8.42 Å². The molecule has 0 aliphatic carbocycles. The Morgan fingerprint density at radius 1 is 1.41 bits per heavy atom.